The molecule has 1 amide bonds. The summed E-state index contributed by atoms with van der Waals surface area (Å²) in [7, 11) is 1.79. The molecule has 0 bridgehead atoms. The third kappa shape index (κ3) is 4.83. The molecule has 3 aliphatic rings. The zero-order chi connectivity index (χ0) is 16.1. The van der Waals surface area contributed by atoms with E-state index in [1.54, 1.807) is 7.05 Å². The second kappa shape index (κ2) is 7.99. The van der Waals surface area contributed by atoms with Crippen LogP contribution in [-0.2, 0) is 9.53 Å². The highest BCUT2D eigenvalue weighted by atomic mass is 16.5. The summed E-state index contributed by atoms with van der Waals surface area (Å²) in [6, 6.07) is 0. The molecule has 6 nitrogen and oxygen atoms in total. The molecule has 1 saturated carbocycles. The number of nitrogens with one attached hydrogen (secondary N) is 1. The molecule has 0 atom stereocenters. The van der Waals surface area contributed by atoms with Gasteiger partial charge in [-0.15, -0.1) is 0 Å². The van der Waals surface area contributed by atoms with Crippen LogP contribution in [-0.4, -0.2) is 74.1 Å². The van der Waals surface area contributed by atoms with Crippen molar-refractivity contribution in [2.24, 2.45) is 10.9 Å². The summed E-state index contributed by atoms with van der Waals surface area (Å²) in [5, 5.41) is 3.23. The highest BCUT2D eigenvalue weighted by molar-refractivity contribution is 5.86. The summed E-state index contributed by atoms with van der Waals surface area (Å²) in [5.74, 6) is 1.86. The Morgan fingerprint density at radius 1 is 1.09 bits per heavy atom. The Morgan fingerprint density at radius 3 is 2.39 bits per heavy atom. The van der Waals surface area contributed by atoms with Crippen molar-refractivity contribution in [1.82, 2.24) is 15.1 Å². The van der Waals surface area contributed by atoms with Gasteiger partial charge >= 0.3 is 0 Å². The van der Waals surface area contributed by atoms with Gasteiger partial charge in [-0.25, -0.2) is 0 Å². The molecule has 2 heterocycles. The molecule has 2 saturated heterocycles. The minimum Gasteiger partial charge on any atom is -0.378 e. The van der Waals surface area contributed by atoms with Crippen molar-refractivity contribution >= 4 is 11.9 Å². The second-order valence-electron chi connectivity index (χ2n) is 6.95. The number of hydrogen-bond donors (Lipinski definition) is 1. The van der Waals surface area contributed by atoms with E-state index in [2.05, 4.69) is 15.2 Å². The number of hydrogen-bond acceptors (Lipinski definition) is 3. The van der Waals surface area contributed by atoms with Crippen molar-refractivity contribution in [2.45, 2.75) is 44.6 Å². The molecule has 130 valence electrons. The summed E-state index contributed by atoms with van der Waals surface area (Å²) in [6.45, 7) is 5.01. The maximum absolute atomic E-state index is 12.1. The molecular weight excluding hydrogens is 292 g/mol. The van der Waals surface area contributed by atoms with Gasteiger partial charge in [0, 0.05) is 39.8 Å². The average molecular weight is 322 g/mol. The number of rotatable bonds is 5. The van der Waals surface area contributed by atoms with Gasteiger partial charge in [0.1, 0.15) is 0 Å². The minimum absolute atomic E-state index is 0.186. The maximum Gasteiger partial charge on any atom is 0.241 e. The molecule has 23 heavy (non-hydrogen) atoms. The standard InChI is InChI=1S/C17H30N4O2/c1-18-17(19-12-16(22)20-8-2-3-9-20)21-10-6-15(7-11-21)23-13-14-4-5-14/h14-15H,2-13H2,1H3,(H,18,19). The molecule has 1 aliphatic carbocycles. The van der Waals surface area contributed by atoms with Gasteiger partial charge in [-0.05, 0) is 44.4 Å². The Kier molecular flexibility index (Phi) is 5.75. The Balaban J connectivity index is 1.37. The Hall–Kier alpha value is -1.30. The van der Waals surface area contributed by atoms with Crippen molar-refractivity contribution in [1.29, 1.82) is 0 Å². The quantitative estimate of drug-likeness (QED) is 0.608. The first kappa shape index (κ1) is 16.6. The first-order chi connectivity index (χ1) is 11.3. The van der Waals surface area contributed by atoms with Gasteiger partial charge in [-0.1, -0.05) is 0 Å². The van der Waals surface area contributed by atoms with E-state index in [0.717, 1.165) is 70.3 Å². The van der Waals surface area contributed by atoms with Crippen molar-refractivity contribution in [2.75, 3.05) is 46.4 Å². The summed E-state index contributed by atoms with van der Waals surface area (Å²) in [4.78, 5) is 20.7. The van der Waals surface area contributed by atoms with Crippen LogP contribution >= 0.6 is 0 Å². The molecule has 0 aromatic heterocycles. The lowest BCUT2D eigenvalue weighted by atomic mass is 10.1. The third-order valence-corrected chi connectivity index (χ3v) is 5.07. The zero-order valence-corrected chi connectivity index (χ0v) is 14.3. The van der Waals surface area contributed by atoms with Crippen molar-refractivity contribution in [3.63, 3.8) is 0 Å². The Labute approximate surface area is 139 Å². The normalized spacial score (nSPS) is 23.4. The predicted octanol–water partition coefficient (Wildman–Crippen LogP) is 1.08. The zero-order valence-electron chi connectivity index (χ0n) is 14.3. The lowest BCUT2D eigenvalue weighted by Crippen LogP contribution is -2.49. The van der Waals surface area contributed by atoms with Crippen LogP contribution in [0.3, 0.4) is 0 Å². The number of likely N-dealkylation sites (tertiary alicyclic amines) is 2. The fourth-order valence-electron chi connectivity index (χ4n) is 3.36. The molecule has 3 rings (SSSR count). The van der Waals surface area contributed by atoms with Crippen molar-refractivity contribution in [3.05, 3.63) is 0 Å². The monoisotopic (exact) mass is 322 g/mol. The van der Waals surface area contributed by atoms with E-state index in [0.29, 0.717) is 12.6 Å². The van der Waals surface area contributed by atoms with Crippen LogP contribution in [0.1, 0.15) is 38.5 Å². The van der Waals surface area contributed by atoms with Gasteiger partial charge in [0.2, 0.25) is 5.91 Å². The summed E-state index contributed by atoms with van der Waals surface area (Å²) >= 11 is 0. The van der Waals surface area contributed by atoms with Gasteiger partial charge < -0.3 is 19.9 Å². The van der Waals surface area contributed by atoms with E-state index in [1.807, 2.05) is 4.90 Å². The van der Waals surface area contributed by atoms with E-state index in [-0.39, 0.29) is 5.91 Å². The predicted molar refractivity (Wildman–Crippen MR) is 90.4 cm³/mol. The minimum atomic E-state index is 0.186. The van der Waals surface area contributed by atoms with Gasteiger partial charge in [0.15, 0.2) is 5.96 Å². The van der Waals surface area contributed by atoms with Gasteiger partial charge in [-0.2, -0.15) is 0 Å². The van der Waals surface area contributed by atoms with Gasteiger partial charge in [0.25, 0.3) is 0 Å². The smallest absolute Gasteiger partial charge is 0.241 e. The molecular formula is C17H30N4O2. The summed E-state index contributed by atoms with van der Waals surface area (Å²) in [6.07, 6.45) is 7.46. The number of guanidine groups is 1. The number of carbonyl (C=O) groups excluding carboxylic acids is 1. The largest absolute Gasteiger partial charge is 0.378 e. The first-order valence-electron chi connectivity index (χ1n) is 9.11. The van der Waals surface area contributed by atoms with Crippen molar-refractivity contribution in [3.8, 4) is 0 Å². The number of amides is 1. The van der Waals surface area contributed by atoms with E-state index in [9.17, 15) is 4.79 Å². The van der Waals surface area contributed by atoms with Crippen LogP contribution in [0, 0.1) is 5.92 Å². The molecule has 0 aromatic carbocycles. The highest BCUT2D eigenvalue weighted by Crippen LogP contribution is 2.30. The lowest BCUT2D eigenvalue weighted by molar-refractivity contribution is -0.128. The maximum atomic E-state index is 12.1. The molecule has 0 aromatic rings. The van der Waals surface area contributed by atoms with E-state index < -0.39 is 0 Å². The average Bonchev–Trinajstić information content (AvgIpc) is 3.25. The fraction of sp³-hybridized carbons (Fsp3) is 0.882. The number of piperidine rings is 1. The van der Waals surface area contributed by atoms with E-state index in [1.165, 1.54) is 12.8 Å². The van der Waals surface area contributed by atoms with Crippen LogP contribution in [0.5, 0.6) is 0 Å². The SMILES string of the molecule is CN=C(NCC(=O)N1CCCC1)N1CCC(OCC2CC2)CC1. The molecule has 3 fully saturated rings. The number of carbonyl (C=O) groups is 1. The van der Waals surface area contributed by atoms with Crippen molar-refractivity contribution < 1.29 is 9.53 Å². The fourth-order valence-corrected chi connectivity index (χ4v) is 3.36. The first-order valence-corrected chi connectivity index (χ1v) is 9.11. The van der Waals surface area contributed by atoms with Gasteiger partial charge in [-0.3, -0.25) is 9.79 Å². The van der Waals surface area contributed by atoms with E-state index >= 15 is 0 Å². The number of aliphatic imine (C=N–C) groups is 1. The molecule has 1 N–H and O–H groups in total. The summed E-state index contributed by atoms with van der Waals surface area (Å²) < 4.78 is 5.99. The lowest BCUT2D eigenvalue weighted by Gasteiger charge is -2.34. The molecule has 2 aliphatic heterocycles. The molecule has 0 unspecified atom stereocenters. The van der Waals surface area contributed by atoms with Crippen LogP contribution in [0.15, 0.2) is 4.99 Å². The highest BCUT2D eigenvalue weighted by Gasteiger charge is 2.26. The number of nitrogens with zero attached hydrogens (tertiary/aromatic N) is 3. The third-order valence-electron chi connectivity index (χ3n) is 5.07. The Bertz CT molecular complexity index is 422. The van der Waals surface area contributed by atoms with Crippen LogP contribution in [0.25, 0.3) is 0 Å². The molecule has 6 heteroatoms. The van der Waals surface area contributed by atoms with Crippen LogP contribution in [0.4, 0.5) is 0 Å². The van der Waals surface area contributed by atoms with Gasteiger partial charge in [0.05, 0.1) is 12.6 Å². The number of ether oxygens (including phenoxy) is 1. The topological polar surface area (TPSA) is 57.2 Å². The van der Waals surface area contributed by atoms with Crippen LogP contribution in [0.2, 0.25) is 0 Å². The Morgan fingerprint density at radius 2 is 1.78 bits per heavy atom. The second-order valence-corrected chi connectivity index (χ2v) is 6.95. The molecule has 0 radical (unpaired) electrons. The van der Waals surface area contributed by atoms with Crippen LogP contribution < -0.4 is 5.32 Å². The van der Waals surface area contributed by atoms with E-state index in [4.69, 9.17) is 4.74 Å². The molecule has 0 spiro atoms. The summed E-state index contributed by atoms with van der Waals surface area (Å²) in [5.41, 5.74) is 0.